The number of benzene rings is 1. The molecule has 2 amide bonds. The summed E-state index contributed by atoms with van der Waals surface area (Å²) in [6.07, 6.45) is 1.65. The number of nitrogens with zero attached hydrogens (tertiary/aromatic N) is 1. The molecule has 6 nitrogen and oxygen atoms in total. The van der Waals surface area contributed by atoms with Crippen LogP contribution < -0.4 is 10.6 Å². The lowest BCUT2D eigenvalue weighted by molar-refractivity contribution is 0.0697. The maximum Gasteiger partial charge on any atom is 0.335 e. The van der Waals surface area contributed by atoms with Crippen LogP contribution in [0.4, 0.5) is 15.6 Å². The van der Waals surface area contributed by atoms with Gasteiger partial charge in [-0.1, -0.05) is 11.6 Å². The number of nitrogens with one attached hydrogen (secondary N) is 2. The van der Waals surface area contributed by atoms with Crippen LogP contribution in [0, 0.1) is 6.92 Å². The quantitative estimate of drug-likeness (QED) is 0.809. The summed E-state index contributed by atoms with van der Waals surface area (Å²) in [7, 11) is 0. The Morgan fingerprint density at radius 1 is 1.35 bits per heavy atom. The fourth-order valence-electron chi connectivity index (χ4n) is 1.41. The van der Waals surface area contributed by atoms with Crippen molar-refractivity contribution >= 4 is 45.8 Å². The molecule has 0 radical (unpaired) electrons. The second kappa shape index (κ2) is 5.89. The van der Waals surface area contributed by atoms with Gasteiger partial charge in [0, 0.05) is 11.1 Å². The summed E-state index contributed by atoms with van der Waals surface area (Å²) in [5, 5.41) is 14.5. The zero-order valence-corrected chi connectivity index (χ0v) is 11.9. The van der Waals surface area contributed by atoms with Gasteiger partial charge in [0.1, 0.15) is 0 Å². The smallest absolute Gasteiger partial charge is 0.335 e. The predicted octanol–water partition coefficient (Wildman–Crippen LogP) is 3.45. The van der Waals surface area contributed by atoms with E-state index in [-0.39, 0.29) is 10.6 Å². The van der Waals surface area contributed by atoms with Crippen molar-refractivity contribution in [3.63, 3.8) is 0 Å². The minimum Gasteiger partial charge on any atom is -0.478 e. The molecule has 0 fully saturated rings. The number of hydrogen-bond donors (Lipinski definition) is 3. The first-order chi connectivity index (χ1) is 9.45. The molecule has 2 rings (SSSR count). The average molecular weight is 312 g/mol. The van der Waals surface area contributed by atoms with Crippen molar-refractivity contribution in [3.05, 3.63) is 39.9 Å². The van der Waals surface area contributed by atoms with E-state index in [0.29, 0.717) is 10.8 Å². The van der Waals surface area contributed by atoms with Crippen molar-refractivity contribution in [1.29, 1.82) is 0 Å². The summed E-state index contributed by atoms with van der Waals surface area (Å²) >= 11 is 7.25. The minimum atomic E-state index is -1.08. The van der Waals surface area contributed by atoms with E-state index in [1.807, 2.05) is 6.92 Å². The van der Waals surface area contributed by atoms with Gasteiger partial charge >= 0.3 is 12.0 Å². The van der Waals surface area contributed by atoms with Crippen LogP contribution in [-0.2, 0) is 0 Å². The van der Waals surface area contributed by atoms with Gasteiger partial charge in [0.25, 0.3) is 0 Å². The van der Waals surface area contributed by atoms with Gasteiger partial charge in [-0.2, -0.15) is 0 Å². The second-order valence-electron chi connectivity index (χ2n) is 3.85. The van der Waals surface area contributed by atoms with Gasteiger partial charge in [-0.3, -0.25) is 5.32 Å². The topological polar surface area (TPSA) is 91.3 Å². The molecule has 104 valence electrons. The predicted molar refractivity (Wildman–Crippen MR) is 77.9 cm³/mol. The number of thiazole rings is 1. The Morgan fingerprint density at radius 3 is 2.65 bits per heavy atom. The van der Waals surface area contributed by atoms with E-state index in [1.165, 1.54) is 29.5 Å². The van der Waals surface area contributed by atoms with Gasteiger partial charge in [-0.15, -0.1) is 11.3 Å². The van der Waals surface area contributed by atoms with Crippen molar-refractivity contribution in [2.75, 3.05) is 10.6 Å². The minimum absolute atomic E-state index is 0.0523. The highest BCUT2D eigenvalue weighted by molar-refractivity contribution is 7.15. The van der Waals surface area contributed by atoms with Gasteiger partial charge in [-0.25, -0.2) is 14.6 Å². The number of hydrogen-bond acceptors (Lipinski definition) is 4. The summed E-state index contributed by atoms with van der Waals surface area (Å²) in [6, 6.07) is 3.56. The summed E-state index contributed by atoms with van der Waals surface area (Å²) in [4.78, 5) is 27.5. The lowest BCUT2D eigenvalue weighted by Crippen LogP contribution is -2.19. The molecule has 0 saturated heterocycles. The fourth-order valence-corrected chi connectivity index (χ4v) is 2.30. The van der Waals surface area contributed by atoms with E-state index < -0.39 is 12.0 Å². The third-order valence-electron chi connectivity index (χ3n) is 2.31. The highest BCUT2D eigenvalue weighted by Crippen LogP contribution is 2.23. The first kappa shape index (κ1) is 14.3. The Morgan fingerprint density at radius 2 is 2.10 bits per heavy atom. The van der Waals surface area contributed by atoms with E-state index in [2.05, 4.69) is 15.6 Å². The molecule has 0 spiro atoms. The Labute approximate surface area is 123 Å². The van der Waals surface area contributed by atoms with Gasteiger partial charge in [0.05, 0.1) is 16.3 Å². The van der Waals surface area contributed by atoms with Crippen molar-refractivity contribution in [2.45, 2.75) is 6.92 Å². The molecule has 0 unspecified atom stereocenters. The third kappa shape index (κ3) is 3.46. The number of carboxylic acids is 1. The Hall–Kier alpha value is -2.12. The number of carbonyl (C=O) groups is 2. The van der Waals surface area contributed by atoms with Gasteiger partial charge in [-0.05, 0) is 25.1 Å². The fraction of sp³-hybridized carbons (Fsp3) is 0.0833. The normalized spacial score (nSPS) is 10.1. The maximum atomic E-state index is 11.7. The molecule has 1 heterocycles. The molecule has 0 saturated carbocycles. The molecule has 0 bridgehead atoms. The summed E-state index contributed by atoms with van der Waals surface area (Å²) in [5.74, 6) is -1.08. The number of carboxylic acid groups (broad SMARTS) is 1. The number of aromatic carboxylic acids is 1. The largest absolute Gasteiger partial charge is 0.478 e. The summed E-state index contributed by atoms with van der Waals surface area (Å²) in [5.41, 5.74) is 0.374. The van der Waals surface area contributed by atoms with E-state index in [4.69, 9.17) is 16.7 Å². The maximum absolute atomic E-state index is 11.7. The molecular formula is C12H10ClN3O3S. The van der Waals surface area contributed by atoms with E-state index >= 15 is 0 Å². The Kier molecular flexibility index (Phi) is 4.21. The highest BCUT2D eigenvalue weighted by atomic mass is 35.5. The number of aryl methyl sites for hydroxylation is 1. The number of rotatable bonds is 3. The highest BCUT2D eigenvalue weighted by Gasteiger charge is 2.10. The van der Waals surface area contributed by atoms with Gasteiger partial charge in [0.2, 0.25) is 0 Å². The number of aromatic nitrogens is 1. The van der Waals surface area contributed by atoms with E-state index in [9.17, 15) is 9.59 Å². The molecule has 0 atom stereocenters. The molecule has 3 N–H and O–H groups in total. The molecule has 1 aromatic heterocycles. The van der Waals surface area contributed by atoms with Gasteiger partial charge < -0.3 is 10.4 Å². The van der Waals surface area contributed by atoms with Gasteiger partial charge in [0.15, 0.2) is 5.13 Å². The molecule has 0 aliphatic heterocycles. The summed E-state index contributed by atoms with van der Waals surface area (Å²) < 4.78 is 0. The third-order valence-corrected chi connectivity index (χ3v) is 3.45. The number of halogens is 1. The Balaban J connectivity index is 2.06. The second-order valence-corrected chi connectivity index (χ2v) is 5.50. The van der Waals surface area contributed by atoms with Crippen LogP contribution in [0.15, 0.2) is 24.4 Å². The van der Waals surface area contributed by atoms with E-state index in [0.717, 1.165) is 4.88 Å². The van der Waals surface area contributed by atoms with Crippen molar-refractivity contribution in [1.82, 2.24) is 4.98 Å². The number of urea groups is 1. The van der Waals surface area contributed by atoms with Crippen molar-refractivity contribution < 1.29 is 14.7 Å². The average Bonchev–Trinajstić information content (AvgIpc) is 2.77. The zero-order chi connectivity index (χ0) is 14.7. The van der Waals surface area contributed by atoms with Crippen molar-refractivity contribution in [3.8, 4) is 0 Å². The van der Waals surface area contributed by atoms with E-state index in [1.54, 1.807) is 6.20 Å². The number of amides is 2. The van der Waals surface area contributed by atoms with Crippen LogP contribution in [-0.4, -0.2) is 22.1 Å². The van der Waals surface area contributed by atoms with Crippen LogP contribution in [0.5, 0.6) is 0 Å². The van der Waals surface area contributed by atoms with Crippen LogP contribution in [0.25, 0.3) is 0 Å². The monoisotopic (exact) mass is 311 g/mol. The summed E-state index contributed by atoms with van der Waals surface area (Å²) in [6.45, 7) is 1.88. The molecule has 8 heteroatoms. The lowest BCUT2D eigenvalue weighted by Gasteiger charge is -2.07. The number of anilines is 2. The van der Waals surface area contributed by atoms with Crippen LogP contribution in [0.3, 0.4) is 0 Å². The molecule has 20 heavy (non-hydrogen) atoms. The molecule has 1 aromatic carbocycles. The molecular weight excluding hydrogens is 302 g/mol. The molecule has 0 aliphatic rings. The lowest BCUT2D eigenvalue weighted by atomic mass is 10.2. The van der Waals surface area contributed by atoms with Crippen LogP contribution >= 0.6 is 22.9 Å². The SMILES string of the molecule is Cc1cnc(NC(=O)Nc2ccc(C(=O)O)cc2Cl)s1. The first-order valence-electron chi connectivity index (χ1n) is 5.49. The Bertz CT molecular complexity index is 672. The number of carbonyl (C=O) groups excluding carboxylic acids is 1. The molecule has 0 aliphatic carbocycles. The standard InChI is InChI=1S/C12H10ClN3O3S/c1-6-5-14-12(20-6)16-11(19)15-9-3-2-7(10(17)18)4-8(9)13/h2-5H,1H3,(H,17,18)(H2,14,15,16,19). The van der Waals surface area contributed by atoms with Crippen LogP contribution in [0.1, 0.15) is 15.2 Å². The first-order valence-corrected chi connectivity index (χ1v) is 6.68. The zero-order valence-electron chi connectivity index (χ0n) is 10.3. The molecule has 2 aromatic rings. The van der Waals surface area contributed by atoms with Crippen molar-refractivity contribution in [2.24, 2.45) is 0 Å². The van der Waals surface area contributed by atoms with Crippen LogP contribution in [0.2, 0.25) is 5.02 Å².